The Kier molecular flexibility index (Phi) is 8.94. The maximum Gasteiger partial charge on any atom is 0.0552 e. The van der Waals surface area contributed by atoms with Gasteiger partial charge in [-0.2, -0.15) is 12.6 Å². The van der Waals surface area contributed by atoms with Crippen LogP contribution in [0.15, 0.2) is 11.5 Å². The monoisotopic (exact) mass is 222 g/mol. The van der Waals surface area contributed by atoms with Crippen LogP contribution in [0, 0.1) is 0 Å². The fourth-order valence-corrected chi connectivity index (χ4v) is 3.46. The molecule has 2 unspecified atom stereocenters. The number of allylic oxidation sites excluding steroid dienone is 1. The smallest absolute Gasteiger partial charge is 0.0552 e. The lowest BCUT2D eigenvalue weighted by molar-refractivity contribution is 1.02. The van der Waals surface area contributed by atoms with Gasteiger partial charge in [-0.3, -0.25) is 0 Å². The van der Waals surface area contributed by atoms with Crippen molar-refractivity contribution in [3.8, 4) is 0 Å². The van der Waals surface area contributed by atoms with E-state index in [1.54, 1.807) is 0 Å². The Labute approximate surface area is 90.4 Å². The molecule has 0 fully saturated rings. The predicted octanol–water partition coefficient (Wildman–Crippen LogP) is 4.39. The number of thiol groups is 1. The minimum Gasteiger partial charge on any atom is -0.165 e. The summed E-state index contributed by atoms with van der Waals surface area (Å²) in [5.74, 6) is 0. The number of rotatable bonds is 6. The van der Waals surface area contributed by atoms with Crippen LogP contribution >= 0.6 is 36.2 Å². The van der Waals surface area contributed by atoms with Gasteiger partial charge in [0.15, 0.2) is 0 Å². The summed E-state index contributed by atoms with van der Waals surface area (Å²) < 4.78 is 1.16. The highest BCUT2D eigenvalue weighted by atomic mass is 32.2. The summed E-state index contributed by atoms with van der Waals surface area (Å²) in [6, 6.07) is 0. The van der Waals surface area contributed by atoms with Gasteiger partial charge in [0.25, 0.3) is 0 Å². The van der Waals surface area contributed by atoms with E-state index in [-0.39, 0.29) is 0 Å². The van der Waals surface area contributed by atoms with Gasteiger partial charge in [-0.1, -0.05) is 19.9 Å². The quantitative estimate of drug-likeness (QED) is 0.523. The highest BCUT2D eigenvalue weighted by Crippen LogP contribution is 2.33. The highest BCUT2D eigenvalue weighted by molar-refractivity contribution is 8.22. The molecule has 0 aromatic rings. The standard InChI is InChI=1S/C9H18S3/c1-4-7-11-9(6-3)12-8(10)5-2/h4,7-10H,5-6H2,1-3H3/b7-4+. The van der Waals surface area contributed by atoms with E-state index in [0.717, 1.165) is 6.42 Å². The van der Waals surface area contributed by atoms with Crippen molar-refractivity contribution in [1.82, 2.24) is 0 Å². The first-order valence-electron chi connectivity index (χ1n) is 4.34. The molecule has 0 radical (unpaired) electrons. The van der Waals surface area contributed by atoms with Gasteiger partial charge in [0.2, 0.25) is 0 Å². The van der Waals surface area contributed by atoms with E-state index in [4.69, 9.17) is 0 Å². The van der Waals surface area contributed by atoms with Crippen molar-refractivity contribution >= 4 is 36.2 Å². The molecule has 0 rings (SSSR count). The lowest BCUT2D eigenvalue weighted by Crippen LogP contribution is -1.99. The molecule has 0 aromatic carbocycles. The first-order valence-corrected chi connectivity index (χ1v) is 6.74. The largest absolute Gasteiger partial charge is 0.165 e. The Morgan fingerprint density at radius 1 is 1.33 bits per heavy atom. The summed E-state index contributed by atoms with van der Waals surface area (Å²) in [6.07, 6.45) is 4.44. The third-order valence-electron chi connectivity index (χ3n) is 1.36. The molecule has 0 heterocycles. The van der Waals surface area contributed by atoms with E-state index in [9.17, 15) is 0 Å². The summed E-state index contributed by atoms with van der Waals surface area (Å²) in [5, 5.41) is 2.16. The van der Waals surface area contributed by atoms with E-state index in [0.29, 0.717) is 9.16 Å². The minimum absolute atomic E-state index is 0.493. The van der Waals surface area contributed by atoms with Gasteiger partial charge in [-0.25, -0.2) is 0 Å². The van der Waals surface area contributed by atoms with E-state index in [2.05, 4.69) is 44.9 Å². The van der Waals surface area contributed by atoms with Gasteiger partial charge in [0.05, 0.1) is 4.58 Å². The number of hydrogen-bond donors (Lipinski definition) is 1. The van der Waals surface area contributed by atoms with Crippen molar-refractivity contribution in [2.24, 2.45) is 0 Å². The van der Waals surface area contributed by atoms with Crippen LogP contribution in [0.3, 0.4) is 0 Å². The van der Waals surface area contributed by atoms with Crippen molar-refractivity contribution in [3.05, 3.63) is 11.5 Å². The Balaban J connectivity index is 3.66. The molecule has 0 spiro atoms. The minimum atomic E-state index is 0.493. The molecule has 0 bridgehead atoms. The van der Waals surface area contributed by atoms with Gasteiger partial charge < -0.3 is 0 Å². The van der Waals surface area contributed by atoms with Gasteiger partial charge >= 0.3 is 0 Å². The first-order chi connectivity index (χ1) is 5.74. The van der Waals surface area contributed by atoms with Gasteiger partial charge in [0, 0.05) is 4.58 Å². The molecular formula is C9H18S3. The summed E-state index contributed by atoms with van der Waals surface area (Å²) >= 11 is 8.33. The Hall–Kier alpha value is 0.790. The second-order valence-corrected chi connectivity index (χ2v) is 6.24. The van der Waals surface area contributed by atoms with Crippen molar-refractivity contribution in [2.45, 2.75) is 42.8 Å². The van der Waals surface area contributed by atoms with Crippen molar-refractivity contribution in [2.75, 3.05) is 0 Å². The van der Waals surface area contributed by atoms with Crippen LogP contribution in [0.1, 0.15) is 33.6 Å². The van der Waals surface area contributed by atoms with E-state index < -0.39 is 0 Å². The van der Waals surface area contributed by atoms with Gasteiger partial charge in [0.1, 0.15) is 0 Å². The van der Waals surface area contributed by atoms with E-state index >= 15 is 0 Å². The van der Waals surface area contributed by atoms with E-state index in [1.807, 2.05) is 23.5 Å². The molecule has 0 nitrogen and oxygen atoms in total. The van der Waals surface area contributed by atoms with Crippen LogP contribution in [0.2, 0.25) is 0 Å². The lowest BCUT2D eigenvalue weighted by Gasteiger charge is -2.15. The van der Waals surface area contributed by atoms with Gasteiger partial charge in [-0.05, 0) is 25.2 Å². The van der Waals surface area contributed by atoms with Crippen molar-refractivity contribution < 1.29 is 0 Å². The maximum absolute atomic E-state index is 4.47. The van der Waals surface area contributed by atoms with Crippen LogP contribution in [-0.4, -0.2) is 9.16 Å². The average molecular weight is 222 g/mol. The summed E-state index contributed by atoms with van der Waals surface area (Å²) in [6.45, 7) is 6.46. The summed E-state index contributed by atoms with van der Waals surface area (Å²) in [5.41, 5.74) is 0. The molecule has 12 heavy (non-hydrogen) atoms. The molecule has 2 atom stereocenters. The SMILES string of the molecule is C/C=C/SC(CC)SC(S)CC. The topological polar surface area (TPSA) is 0 Å². The normalized spacial score (nSPS) is 16.7. The van der Waals surface area contributed by atoms with Crippen molar-refractivity contribution in [1.29, 1.82) is 0 Å². The molecule has 0 aromatic heterocycles. The van der Waals surface area contributed by atoms with Crippen LogP contribution in [-0.2, 0) is 0 Å². The fourth-order valence-electron chi connectivity index (χ4n) is 0.662. The Morgan fingerprint density at radius 2 is 2.00 bits per heavy atom. The Bertz CT molecular complexity index is 123. The third-order valence-corrected chi connectivity index (χ3v) is 5.11. The highest BCUT2D eigenvalue weighted by Gasteiger charge is 2.09. The summed E-state index contributed by atoms with van der Waals surface area (Å²) in [7, 11) is 0. The second kappa shape index (κ2) is 8.39. The first kappa shape index (κ1) is 12.8. The second-order valence-electron chi connectivity index (χ2n) is 2.44. The molecule has 72 valence electrons. The Morgan fingerprint density at radius 3 is 2.42 bits per heavy atom. The molecule has 0 aliphatic carbocycles. The van der Waals surface area contributed by atoms with Crippen LogP contribution in [0.25, 0.3) is 0 Å². The maximum atomic E-state index is 4.47. The molecule has 0 amide bonds. The predicted molar refractivity (Wildman–Crippen MR) is 67.1 cm³/mol. The molecule has 0 saturated heterocycles. The molecule has 0 aliphatic rings. The van der Waals surface area contributed by atoms with Crippen LogP contribution in [0.4, 0.5) is 0 Å². The zero-order valence-corrected chi connectivity index (χ0v) is 10.5. The van der Waals surface area contributed by atoms with Crippen LogP contribution in [0.5, 0.6) is 0 Å². The molecule has 0 saturated carbocycles. The molecule has 0 N–H and O–H groups in total. The zero-order valence-electron chi connectivity index (χ0n) is 7.99. The van der Waals surface area contributed by atoms with Crippen molar-refractivity contribution in [3.63, 3.8) is 0 Å². The van der Waals surface area contributed by atoms with Gasteiger partial charge in [-0.15, -0.1) is 23.5 Å². The summed E-state index contributed by atoms with van der Waals surface area (Å²) in [4.78, 5) is 0. The fraction of sp³-hybridized carbons (Fsp3) is 0.778. The third kappa shape index (κ3) is 6.32. The number of thioether (sulfide) groups is 2. The van der Waals surface area contributed by atoms with Crippen LogP contribution < -0.4 is 0 Å². The molecule has 0 aliphatic heterocycles. The average Bonchev–Trinajstić information content (AvgIpc) is 2.11. The van der Waals surface area contributed by atoms with E-state index in [1.165, 1.54) is 6.42 Å². The number of hydrogen-bond acceptors (Lipinski definition) is 3. The lowest BCUT2D eigenvalue weighted by atomic mass is 10.6. The molecule has 3 heteroatoms. The molecular weight excluding hydrogens is 204 g/mol. The zero-order chi connectivity index (χ0) is 9.40.